The molecular formula is C14H18ClN3. The van der Waals surface area contributed by atoms with E-state index in [0.29, 0.717) is 0 Å². The first-order chi connectivity index (χ1) is 8.49. The molecule has 0 saturated carbocycles. The Labute approximate surface area is 113 Å². The molecule has 3 nitrogen and oxygen atoms in total. The van der Waals surface area contributed by atoms with Crippen molar-refractivity contribution < 1.29 is 0 Å². The van der Waals surface area contributed by atoms with Crippen molar-refractivity contribution >= 4 is 11.6 Å². The minimum atomic E-state index is 0.144. The average molecular weight is 264 g/mol. The third-order valence-electron chi connectivity index (χ3n) is 3.04. The molecule has 0 aliphatic heterocycles. The normalized spacial score (nSPS) is 12.7. The number of halogens is 1. The lowest BCUT2D eigenvalue weighted by molar-refractivity contribution is 0.730. The van der Waals surface area contributed by atoms with Crippen LogP contribution in [0.5, 0.6) is 0 Å². The Morgan fingerprint density at radius 3 is 2.44 bits per heavy atom. The lowest BCUT2D eigenvalue weighted by Gasteiger charge is -2.07. The Balaban J connectivity index is 2.43. The third kappa shape index (κ3) is 2.57. The monoisotopic (exact) mass is 263 g/mol. The van der Waals surface area contributed by atoms with Crippen LogP contribution in [0.4, 0.5) is 0 Å². The summed E-state index contributed by atoms with van der Waals surface area (Å²) in [5.74, 6) is 0. The van der Waals surface area contributed by atoms with Gasteiger partial charge in [-0.05, 0) is 57.0 Å². The second kappa shape index (κ2) is 5.12. The second-order valence-electron chi connectivity index (χ2n) is 4.72. The van der Waals surface area contributed by atoms with Gasteiger partial charge in [-0.25, -0.2) is 4.68 Å². The summed E-state index contributed by atoms with van der Waals surface area (Å²) < 4.78 is 1.95. The fraction of sp³-hybridized carbons (Fsp3) is 0.357. The summed E-state index contributed by atoms with van der Waals surface area (Å²) in [5.41, 5.74) is 10.3. The molecule has 2 rings (SSSR count). The first-order valence-corrected chi connectivity index (χ1v) is 6.43. The van der Waals surface area contributed by atoms with E-state index >= 15 is 0 Å². The summed E-state index contributed by atoms with van der Waals surface area (Å²) in [6, 6.07) is 7.83. The van der Waals surface area contributed by atoms with Gasteiger partial charge in [0.05, 0.1) is 11.4 Å². The fourth-order valence-electron chi connectivity index (χ4n) is 2.13. The first kappa shape index (κ1) is 13.1. The Kier molecular flexibility index (Phi) is 3.73. The lowest BCUT2D eigenvalue weighted by atomic mass is 10.1. The van der Waals surface area contributed by atoms with Gasteiger partial charge in [-0.15, -0.1) is 0 Å². The molecule has 0 amide bonds. The van der Waals surface area contributed by atoms with Crippen molar-refractivity contribution in [3.05, 3.63) is 46.2 Å². The Morgan fingerprint density at radius 1 is 1.28 bits per heavy atom. The zero-order chi connectivity index (χ0) is 13.3. The van der Waals surface area contributed by atoms with Gasteiger partial charge in [0.2, 0.25) is 0 Å². The van der Waals surface area contributed by atoms with Crippen molar-refractivity contribution in [1.82, 2.24) is 9.78 Å². The van der Waals surface area contributed by atoms with Crippen molar-refractivity contribution in [1.29, 1.82) is 0 Å². The van der Waals surface area contributed by atoms with Crippen LogP contribution in [0.3, 0.4) is 0 Å². The average Bonchev–Trinajstić information content (AvgIpc) is 2.58. The zero-order valence-corrected chi connectivity index (χ0v) is 11.7. The largest absolute Gasteiger partial charge is 0.328 e. The maximum Gasteiger partial charge on any atom is 0.0649 e. The van der Waals surface area contributed by atoms with Crippen LogP contribution in [0, 0.1) is 13.8 Å². The Hall–Kier alpha value is -1.32. The highest BCUT2D eigenvalue weighted by atomic mass is 35.5. The molecule has 0 aliphatic rings. The molecule has 2 N–H and O–H groups in total. The highest BCUT2D eigenvalue weighted by Crippen LogP contribution is 2.20. The van der Waals surface area contributed by atoms with Crippen LogP contribution in [0.15, 0.2) is 24.3 Å². The van der Waals surface area contributed by atoms with Gasteiger partial charge in [0.25, 0.3) is 0 Å². The second-order valence-corrected chi connectivity index (χ2v) is 5.16. The van der Waals surface area contributed by atoms with Crippen molar-refractivity contribution in [2.45, 2.75) is 33.2 Å². The van der Waals surface area contributed by atoms with E-state index < -0.39 is 0 Å². The summed E-state index contributed by atoms with van der Waals surface area (Å²) >= 11 is 5.90. The summed E-state index contributed by atoms with van der Waals surface area (Å²) in [4.78, 5) is 0. The smallest absolute Gasteiger partial charge is 0.0649 e. The summed E-state index contributed by atoms with van der Waals surface area (Å²) in [5, 5.41) is 5.31. The molecule has 18 heavy (non-hydrogen) atoms. The van der Waals surface area contributed by atoms with Gasteiger partial charge in [-0.2, -0.15) is 5.10 Å². The number of hydrogen-bond donors (Lipinski definition) is 1. The number of hydrogen-bond acceptors (Lipinski definition) is 2. The highest BCUT2D eigenvalue weighted by Gasteiger charge is 2.13. The molecule has 1 aromatic carbocycles. The van der Waals surface area contributed by atoms with E-state index in [0.717, 1.165) is 28.5 Å². The van der Waals surface area contributed by atoms with Crippen LogP contribution >= 0.6 is 11.6 Å². The maximum atomic E-state index is 5.90. The lowest BCUT2D eigenvalue weighted by Crippen LogP contribution is -2.18. The number of aromatic nitrogens is 2. The Bertz CT molecular complexity index is 541. The van der Waals surface area contributed by atoms with E-state index in [1.165, 1.54) is 5.56 Å². The van der Waals surface area contributed by atoms with Gasteiger partial charge in [-0.1, -0.05) is 11.6 Å². The van der Waals surface area contributed by atoms with E-state index in [2.05, 4.69) is 12.0 Å². The van der Waals surface area contributed by atoms with Crippen molar-refractivity contribution in [3.63, 3.8) is 0 Å². The molecule has 1 aromatic heterocycles. The molecule has 0 spiro atoms. The van der Waals surface area contributed by atoms with Gasteiger partial charge < -0.3 is 5.73 Å². The molecule has 0 radical (unpaired) electrons. The summed E-state index contributed by atoms with van der Waals surface area (Å²) in [6.45, 7) is 6.11. The number of benzene rings is 1. The molecule has 0 fully saturated rings. The number of nitrogens with zero attached hydrogens (tertiary/aromatic N) is 2. The minimum Gasteiger partial charge on any atom is -0.328 e. The molecule has 0 aliphatic carbocycles. The van der Waals surface area contributed by atoms with Crippen molar-refractivity contribution in [3.8, 4) is 5.69 Å². The fourth-order valence-corrected chi connectivity index (χ4v) is 2.25. The highest BCUT2D eigenvalue weighted by molar-refractivity contribution is 6.30. The van der Waals surface area contributed by atoms with E-state index in [1.54, 1.807) is 0 Å². The molecule has 0 saturated heterocycles. The third-order valence-corrected chi connectivity index (χ3v) is 3.29. The van der Waals surface area contributed by atoms with Gasteiger partial charge in [-0.3, -0.25) is 0 Å². The van der Waals surface area contributed by atoms with Crippen LogP contribution in [0.2, 0.25) is 5.02 Å². The topological polar surface area (TPSA) is 43.8 Å². The minimum absolute atomic E-state index is 0.144. The first-order valence-electron chi connectivity index (χ1n) is 6.05. The van der Waals surface area contributed by atoms with Gasteiger partial charge in [0.1, 0.15) is 0 Å². The van der Waals surface area contributed by atoms with Crippen LogP contribution in [0.1, 0.15) is 23.9 Å². The molecular weight excluding hydrogens is 246 g/mol. The van der Waals surface area contributed by atoms with Crippen molar-refractivity contribution in [2.75, 3.05) is 0 Å². The van der Waals surface area contributed by atoms with Crippen LogP contribution in [0.25, 0.3) is 5.69 Å². The van der Waals surface area contributed by atoms with E-state index in [4.69, 9.17) is 17.3 Å². The van der Waals surface area contributed by atoms with Gasteiger partial charge >= 0.3 is 0 Å². The summed E-state index contributed by atoms with van der Waals surface area (Å²) in [7, 11) is 0. The standard InChI is InChI=1S/C14H18ClN3/c1-9(16)8-14-10(2)17-18(11(14)3)13-6-4-12(15)5-7-13/h4-7,9H,8,16H2,1-3H3. The molecule has 96 valence electrons. The molecule has 2 aromatic rings. The van der Waals surface area contributed by atoms with Crippen LogP contribution < -0.4 is 5.73 Å². The number of rotatable bonds is 3. The van der Waals surface area contributed by atoms with Gasteiger partial charge in [0.15, 0.2) is 0 Å². The quantitative estimate of drug-likeness (QED) is 0.925. The zero-order valence-electron chi connectivity index (χ0n) is 10.9. The molecule has 0 bridgehead atoms. The molecule has 1 atom stereocenters. The van der Waals surface area contributed by atoms with Crippen molar-refractivity contribution in [2.24, 2.45) is 5.73 Å². The van der Waals surface area contributed by atoms with Crippen LogP contribution in [-0.4, -0.2) is 15.8 Å². The Morgan fingerprint density at radius 2 is 1.89 bits per heavy atom. The number of aryl methyl sites for hydroxylation is 1. The van der Waals surface area contributed by atoms with Crippen LogP contribution in [-0.2, 0) is 6.42 Å². The summed E-state index contributed by atoms with van der Waals surface area (Å²) in [6.07, 6.45) is 0.852. The van der Waals surface area contributed by atoms with E-state index in [1.807, 2.05) is 42.8 Å². The molecule has 4 heteroatoms. The molecule has 1 heterocycles. The predicted octanol–water partition coefficient (Wildman–Crippen LogP) is 3.03. The molecule has 1 unspecified atom stereocenters. The van der Waals surface area contributed by atoms with Gasteiger partial charge in [0, 0.05) is 16.8 Å². The number of nitrogens with two attached hydrogens (primary N) is 1. The maximum absolute atomic E-state index is 5.90. The predicted molar refractivity (Wildman–Crippen MR) is 75.4 cm³/mol. The SMILES string of the molecule is Cc1nn(-c2ccc(Cl)cc2)c(C)c1CC(C)N. The van der Waals surface area contributed by atoms with E-state index in [9.17, 15) is 0 Å². The van der Waals surface area contributed by atoms with E-state index in [-0.39, 0.29) is 6.04 Å².